The van der Waals surface area contributed by atoms with Crippen LogP contribution in [-0.4, -0.2) is 0 Å². The first-order valence-electron chi connectivity index (χ1n) is 7.19. The van der Waals surface area contributed by atoms with E-state index in [2.05, 4.69) is 10.2 Å². The molecule has 130 valence electrons. The van der Waals surface area contributed by atoms with Crippen LogP contribution in [0.1, 0.15) is 0 Å². The Hall–Kier alpha value is -2.72. The van der Waals surface area contributed by atoms with Crippen molar-refractivity contribution in [2.24, 2.45) is 21.9 Å². The molecule has 0 aliphatic carbocycles. The molecule has 0 unspecified atom stereocenters. The van der Waals surface area contributed by atoms with Crippen molar-refractivity contribution < 1.29 is 17.6 Å². The molecule has 0 radical (unpaired) electrons. The van der Waals surface area contributed by atoms with Gasteiger partial charge in [-0.15, -0.1) is 22.7 Å². The second-order valence-electron chi connectivity index (χ2n) is 5.69. The molecule has 0 amide bonds. The first-order chi connectivity index (χ1) is 12.5. The van der Waals surface area contributed by atoms with E-state index >= 15 is 0 Å². The molecule has 2 aromatic heterocycles. The number of hydrogen-bond donors (Lipinski definition) is 2. The molecule has 5 rings (SSSR count). The van der Waals surface area contributed by atoms with E-state index in [9.17, 15) is 17.6 Å². The quantitative estimate of drug-likeness (QED) is 0.240. The van der Waals surface area contributed by atoms with Crippen molar-refractivity contribution in [2.75, 3.05) is 0 Å². The molecule has 0 aliphatic rings. The fraction of sp³-hybridized carbons (Fsp3) is 0. The summed E-state index contributed by atoms with van der Waals surface area (Å²) >= 11 is 1.26. The molecule has 0 fully saturated rings. The Morgan fingerprint density at radius 2 is 1.04 bits per heavy atom. The molecule has 5 aromatic rings. The SMILES string of the molecule is NN=c1c2cc3c(cc2c2sc(F)c(F)c12)c(=NN)c1c(F)c(F)sc13. The van der Waals surface area contributed by atoms with Crippen molar-refractivity contribution in [1.29, 1.82) is 0 Å². The number of benzene rings is 1. The maximum absolute atomic E-state index is 14.2. The molecule has 0 spiro atoms. The van der Waals surface area contributed by atoms with Crippen LogP contribution >= 0.6 is 22.7 Å². The molecule has 26 heavy (non-hydrogen) atoms. The van der Waals surface area contributed by atoms with Gasteiger partial charge in [0.2, 0.25) is 10.3 Å². The molecule has 0 aliphatic heterocycles. The third-order valence-corrected chi connectivity index (χ3v) is 6.48. The topological polar surface area (TPSA) is 76.8 Å². The minimum absolute atomic E-state index is 0.0105. The minimum atomic E-state index is -1.02. The predicted molar refractivity (Wildman–Crippen MR) is 93.9 cm³/mol. The van der Waals surface area contributed by atoms with Crippen molar-refractivity contribution in [3.8, 4) is 0 Å². The summed E-state index contributed by atoms with van der Waals surface area (Å²) in [6.45, 7) is 0. The van der Waals surface area contributed by atoms with Gasteiger partial charge in [0.05, 0.1) is 20.2 Å². The summed E-state index contributed by atoms with van der Waals surface area (Å²) in [5, 5.41) is 7.34. The minimum Gasteiger partial charge on any atom is -0.323 e. The smallest absolute Gasteiger partial charge is 0.213 e. The summed E-state index contributed by atoms with van der Waals surface area (Å²) in [4.78, 5) is 0. The predicted octanol–water partition coefficient (Wildman–Crippen LogP) is 3.40. The van der Waals surface area contributed by atoms with Crippen LogP contribution in [0.4, 0.5) is 17.6 Å². The summed E-state index contributed by atoms with van der Waals surface area (Å²) in [6.07, 6.45) is 0. The number of nitrogens with zero attached hydrogens (tertiary/aromatic N) is 2. The van der Waals surface area contributed by atoms with Crippen molar-refractivity contribution in [3.05, 3.63) is 44.7 Å². The number of thiophene rings is 2. The summed E-state index contributed by atoms with van der Waals surface area (Å²) in [7, 11) is 0. The van der Waals surface area contributed by atoms with E-state index in [0.29, 0.717) is 53.6 Å². The van der Waals surface area contributed by atoms with E-state index < -0.39 is 21.9 Å². The third kappa shape index (κ3) is 1.63. The second kappa shape index (κ2) is 4.92. The zero-order valence-electron chi connectivity index (χ0n) is 12.5. The number of fused-ring (bicyclic) bond motifs is 6. The van der Waals surface area contributed by atoms with Gasteiger partial charge in [-0.3, -0.25) is 0 Å². The summed E-state index contributed by atoms with van der Waals surface area (Å²) in [5.74, 6) is 8.77. The maximum atomic E-state index is 14.2. The molecule has 4 N–H and O–H groups in total. The van der Waals surface area contributed by atoms with Crippen molar-refractivity contribution >= 4 is 64.4 Å². The summed E-state index contributed by atoms with van der Waals surface area (Å²) in [6, 6.07) is 3.21. The number of nitrogens with two attached hydrogens (primary N) is 2. The van der Waals surface area contributed by atoms with Crippen LogP contribution in [0.2, 0.25) is 0 Å². The van der Waals surface area contributed by atoms with Gasteiger partial charge in [-0.1, -0.05) is 0 Å². The van der Waals surface area contributed by atoms with E-state index in [4.69, 9.17) is 11.7 Å². The number of rotatable bonds is 0. The number of halogens is 4. The fourth-order valence-electron chi connectivity index (χ4n) is 3.47. The largest absolute Gasteiger partial charge is 0.323 e. The number of hydrogen-bond acceptors (Lipinski definition) is 6. The zero-order valence-corrected chi connectivity index (χ0v) is 14.2. The van der Waals surface area contributed by atoms with Crippen LogP contribution in [0.15, 0.2) is 22.3 Å². The monoisotopic (exact) mass is 394 g/mol. The van der Waals surface area contributed by atoms with Crippen LogP contribution in [-0.2, 0) is 0 Å². The third-order valence-electron chi connectivity index (χ3n) is 4.51. The lowest BCUT2D eigenvalue weighted by atomic mass is 10.1. The molecule has 2 heterocycles. The molecule has 3 aromatic carbocycles. The Kier molecular flexibility index (Phi) is 2.94. The van der Waals surface area contributed by atoms with Gasteiger partial charge in [-0.25, -0.2) is 8.78 Å². The Labute approximate surface area is 148 Å². The standard InChI is InChI=1S/C16H6F4N4S2/c17-9-7-11(23-21)3-1-5-4(2-6(3)14(7)26-16(9)20)12(24-22)8-10(18)15(19)25-13(5)8/h1-2H,21-22H2. The van der Waals surface area contributed by atoms with Crippen molar-refractivity contribution in [2.45, 2.75) is 0 Å². The van der Waals surface area contributed by atoms with Gasteiger partial charge in [-0.2, -0.15) is 19.0 Å². The van der Waals surface area contributed by atoms with Crippen molar-refractivity contribution in [1.82, 2.24) is 0 Å². The highest BCUT2D eigenvalue weighted by Gasteiger charge is 2.24. The lowest BCUT2D eigenvalue weighted by molar-refractivity contribution is 0.537. The first kappa shape index (κ1) is 15.5. The molecular weight excluding hydrogens is 388 g/mol. The van der Waals surface area contributed by atoms with Crippen LogP contribution in [0.25, 0.3) is 41.7 Å². The van der Waals surface area contributed by atoms with Gasteiger partial charge in [0, 0.05) is 21.5 Å². The van der Waals surface area contributed by atoms with Gasteiger partial charge >= 0.3 is 0 Å². The van der Waals surface area contributed by atoms with Gasteiger partial charge in [0.15, 0.2) is 11.6 Å². The van der Waals surface area contributed by atoms with E-state index in [1.54, 1.807) is 12.1 Å². The van der Waals surface area contributed by atoms with Crippen LogP contribution < -0.4 is 22.4 Å². The van der Waals surface area contributed by atoms with Crippen LogP contribution in [0.5, 0.6) is 0 Å². The van der Waals surface area contributed by atoms with Crippen molar-refractivity contribution in [3.63, 3.8) is 0 Å². The first-order valence-corrected chi connectivity index (χ1v) is 8.82. The second-order valence-corrected chi connectivity index (χ2v) is 7.63. The van der Waals surface area contributed by atoms with Crippen LogP contribution in [0, 0.1) is 21.9 Å². The molecule has 4 nitrogen and oxygen atoms in total. The Bertz CT molecular complexity index is 1390. The average Bonchev–Trinajstić information content (AvgIpc) is 3.28. The summed E-state index contributed by atoms with van der Waals surface area (Å²) < 4.78 is 56.4. The Balaban J connectivity index is 2.14. The fourth-order valence-corrected chi connectivity index (χ4v) is 5.35. The Morgan fingerprint density at radius 3 is 1.38 bits per heavy atom. The summed E-state index contributed by atoms with van der Waals surface area (Å²) in [5.41, 5.74) is 0. The van der Waals surface area contributed by atoms with Gasteiger partial charge in [-0.05, 0) is 12.1 Å². The molecule has 0 atom stereocenters. The normalized spacial score (nSPS) is 14.2. The lowest BCUT2D eigenvalue weighted by Gasteiger charge is -1.94. The van der Waals surface area contributed by atoms with Crippen LogP contribution in [0.3, 0.4) is 0 Å². The molecule has 10 heteroatoms. The van der Waals surface area contributed by atoms with Gasteiger partial charge in [0.1, 0.15) is 10.7 Å². The molecular formula is C16H6F4N4S2. The average molecular weight is 394 g/mol. The van der Waals surface area contributed by atoms with E-state index in [-0.39, 0.29) is 21.5 Å². The maximum Gasteiger partial charge on any atom is 0.213 e. The molecule has 0 saturated heterocycles. The highest BCUT2D eigenvalue weighted by molar-refractivity contribution is 7.19. The molecule has 0 bridgehead atoms. The highest BCUT2D eigenvalue weighted by atomic mass is 32.1. The lowest BCUT2D eigenvalue weighted by Crippen LogP contribution is -2.05. The van der Waals surface area contributed by atoms with E-state index in [1.165, 1.54) is 0 Å². The van der Waals surface area contributed by atoms with E-state index in [0.717, 1.165) is 0 Å². The zero-order chi connectivity index (χ0) is 18.3. The van der Waals surface area contributed by atoms with Gasteiger partial charge < -0.3 is 11.7 Å². The Morgan fingerprint density at radius 1 is 0.654 bits per heavy atom. The molecule has 0 saturated carbocycles. The van der Waals surface area contributed by atoms with E-state index in [1.807, 2.05) is 0 Å². The van der Waals surface area contributed by atoms with Gasteiger partial charge in [0.25, 0.3) is 0 Å². The highest BCUT2D eigenvalue weighted by Crippen LogP contribution is 2.39.